The van der Waals surface area contributed by atoms with E-state index in [4.69, 9.17) is 5.11 Å². The number of rotatable bonds is 1. The fourth-order valence-corrected chi connectivity index (χ4v) is 3.40. The Kier molecular flexibility index (Phi) is 2.38. The molecule has 1 rings (SSSR count). The van der Waals surface area contributed by atoms with Crippen molar-refractivity contribution in [1.82, 2.24) is 0 Å². The Hall–Kier alpha value is -0.620. The van der Waals surface area contributed by atoms with Crippen LogP contribution < -0.4 is 0 Å². The minimum Gasteiger partial charge on any atom is -0.481 e. The van der Waals surface area contributed by atoms with Crippen molar-refractivity contribution < 1.29 is 23.4 Å². The first kappa shape index (κ1) is 10.5. The first-order valence-corrected chi connectivity index (χ1v) is 5.72. The highest BCUT2D eigenvalue weighted by Crippen LogP contribution is 2.31. The second-order valence-corrected chi connectivity index (χ2v) is 5.80. The van der Waals surface area contributed by atoms with Crippen molar-refractivity contribution in [3.8, 4) is 0 Å². The Morgan fingerprint density at radius 2 is 2.08 bits per heavy atom. The lowest BCUT2D eigenvalue weighted by atomic mass is 9.84. The second-order valence-electron chi connectivity index (χ2n) is 3.62. The maximum absolute atomic E-state index is 11.1. The molecule has 0 radical (unpaired) electrons. The molecule has 0 spiro atoms. The van der Waals surface area contributed by atoms with Crippen molar-refractivity contribution in [3.63, 3.8) is 0 Å². The lowest BCUT2D eigenvalue weighted by molar-refractivity contribution is -0.153. The highest BCUT2D eigenvalue weighted by molar-refractivity contribution is 7.91. The number of aliphatic hydroxyl groups excluding tert-OH is 1. The van der Waals surface area contributed by atoms with Gasteiger partial charge in [-0.05, 0) is 13.3 Å². The van der Waals surface area contributed by atoms with Crippen molar-refractivity contribution in [2.75, 3.05) is 11.5 Å². The van der Waals surface area contributed by atoms with Gasteiger partial charge in [-0.2, -0.15) is 0 Å². The molecule has 1 aliphatic heterocycles. The van der Waals surface area contributed by atoms with E-state index in [1.807, 2.05) is 0 Å². The fraction of sp³-hybridized carbons (Fsp3) is 0.857. The van der Waals surface area contributed by atoms with Gasteiger partial charge in [0, 0.05) is 0 Å². The summed E-state index contributed by atoms with van der Waals surface area (Å²) in [4.78, 5) is 10.7. The third-order valence-corrected chi connectivity index (χ3v) is 4.34. The van der Waals surface area contributed by atoms with E-state index in [0.29, 0.717) is 0 Å². The fourth-order valence-electron chi connectivity index (χ4n) is 1.44. The van der Waals surface area contributed by atoms with Crippen LogP contribution in [-0.2, 0) is 14.6 Å². The number of aliphatic carboxylic acids is 1. The van der Waals surface area contributed by atoms with Gasteiger partial charge in [0.25, 0.3) is 0 Å². The van der Waals surface area contributed by atoms with Crippen LogP contribution in [0.4, 0.5) is 0 Å². The standard InChI is InChI=1S/C7H12O5S/c1-7(6(9)10)4-13(11,12)3-2-5(7)8/h5,8H,2-4H2,1H3,(H,9,10). The number of sulfone groups is 1. The average molecular weight is 208 g/mol. The van der Waals surface area contributed by atoms with E-state index >= 15 is 0 Å². The van der Waals surface area contributed by atoms with E-state index in [-0.39, 0.29) is 12.2 Å². The Morgan fingerprint density at radius 3 is 2.46 bits per heavy atom. The van der Waals surface area contributed by atoms with Crippen LogP contribution in [0.3, 0.4) is 0 Å². The van der Waals surface area contributed by atoms with Gasteiger partial charge >= 0.3 is 5.97 Å². The molecule has 0 aromatic carbocycles. The van der Waals surface area contributed by atoms with Gasteiger partial charge in [0.15, 0.2) is 9.84 Å². The smallest absolute Gasteiger partial charge is 0.313 e. The van der Waals surface area contributed by atoms with Crippen LogP contribution >= 0.6 is 0 Å². The first-order chi connectivity index (χ1) is 5.78. The van der Waals surface area contributed by atoms with Gasteiger partial charge in [0.05, 0.1) is 17.6 Å². The third kappa shape index (κ3) is 1.83. The minimum atomic E-state index is -3.31. The molecular weight excluding hydrogens is 196 g/mol. The van der Waals surface area contributed by atoms with Gasteiger partial charge in [-0.1, -0.05) is 0 Å². The van der Waals surface area contributed by atoms with Crippen molar-refractivity contribution in [2.24, 2.45) is 5.41 Å². The number of hydrogen-bond acceptors (Lipinski definition) is 4. The summed E-state index contributed by atoms with van der Waals surface area (Å²) in [5.74, 6) is -1.86. The molecule has 6 heteroatoms. The molecule has 1 fully saturated rings. The van der Waals surface area contributed by atoms with Gasteiger partial charge in [-0.15, -0.1) is 0 Å². The third-order valence-electron chi connectivity index (χ3n) is 2.45. The van der Waals surface area contributed by atoms with Crippen LogP contribution in [0.1, 0.15) is 13.3 Å². The van der Waals surface area contributed by atoms with Crippen LogP contribution in [0.2, 0.25) is 0 Å². The van der Waals surface area contributed by atoms with Crippen LogP contribution in [0, 0.1) is 5.41 Å². The molecule has 0 aromatic rings. The molecule has 1 heterocycles. The summed E-state index contributed by atoms with van der Waals surface area (Å²) in [5.41, 5.74) is -1.54. The first-order valence-electron chi connectivity index (χ1n) is 3.90. The maximum atomic E-state index is 11.1. The molecule has 0 amide bonds. The molecule has 0 bridgehead atoms. The van der Waals surface area contributed by atoms with Crippen LogP contribution in [0.5, 0.6) is 0 Å². The van der Waals surface area contributed by atoms with Crippen molar-refractivity contribution in [2.45, 2.75) is 19.4 Å². The van der Waals surface area contributed by atoms with E-state index in [1.54, 1.807) is 0 Å². The Labute approximate surface area is 76.3 Å². The highest BCUT2D eigenvalue weighted by atomic mass is 32.2. The largest absolute Gasteiger partial charge is 0.481 e. The molecule has 1 saturated heterocycles. The van der Waals surface area contributed by atoms with E-state index in [2.05, 4.69) is 0 Å². The maximum Gasteiger partial charge on any atom is 0.313 e. The lowest BCUT2D eigenvalue weighted by Crippen LogP contribution is -2.50. The normalized spacial score (nSPS) is 38.5. The molecular formula is C7H12O5S. The number of carbonyl (C=O) groups is 1. The van der Waals surface area contributed by atoms with Crippen molar-refractivity contribution in [1.29, 1.82) is 0 Å². The summed E-state index contributed by atoms with van der Waals surface area (Å²) >= 11 is 0. The van der Waals surface area contributed by atoms with E-state index in [9.17, 15) is 18.3 Å². The summed E-state index contributed by atoms with van der Waals surface area (Å²) in [6, 6.07) is 0. The summed E-state index contributed by atoms with van der Waals surface area (Å²) in [5, 5.41) is 18.2. The lowest BCUT2D eigenvalue weighted by Gasteiger charge is -2.33. The number of hydrogen-bond donors (Lipinski definition) is 2. The zero-order valence-corrected chi connectivity index (χ0v) is 8.04. The quantitative estimate of drug-likeness (QED) is 0.592. The topological polar surface area (TPSA) is 91.7 Å². The summed E-state index contributed by atoms with van der Waals surface area (Å²) in [6.07, 6.45) is -1.07. The number of carboxylic acid groups (broad SMARTS) is 1. The summed E-state index contributed by atoms with van der Waals surface area (Å²) in [7, 11) is -3.31. The van der Waals surface area contributed by atoms with E-state index < -0.39 is 33.1 Å². The van der Waals surface area contributed by atoms with E-state index in [0.717, 1.165) is 0 Å². The van der Waals surface area contributed by atoms with Crippen molar-refractivity contribution in [3.05, 3.63) is 0 Å². The van der Waals surface area contributed by atoms with Crippen LogP contribution in [0.25, 0.3) is 0 Å². The number of carboxylic acids is 1. The number of aliphatic hydroxyl groups is 1. The summed E-state index contributed by atoms with van der Waals surface area (Å²) in [6.45, 7) is 1.26. The van der Waals surface area contributed by atoms with Crippen LogP contribution in [0.15, 0.2) is 0 Å². The van der Waals surface area contributed by atoms with Gasteiger partial charge in [0.2, 0.25) is 0 Å². The van der Waals surface area contributed by atoms with Crippen LogP contribution in [-0.4, -0.2) is 42.2 Å². The molecule has 0 saturated carbocycles. The monoisotopic (exact) mass is 208 g/mol. The molecule has 13 heavy (non-hydrogen) atoms. The molecule has 0 aliphatic carbocycles. The zero-order chi connectivity index (χ0) is 10.3. The molecule has 5 nitrogen and oxygen atoms in total. The predicted molar refractivity (Wildman–Crippen MR) is 45.0 cm³/mol. The van der Waals surface area contributed by atoms with Gasteiger partial charge < -0.3 is 10.2 Å². The minimum absolute atomic E-state index is 0.00509. The SMILES string of the molecule is CC1(C(=O)O)CS(=O)(=O)CCC1O. The Bertz CT molecular complexity index is 320. The molecule has 2 unspecified atom stereocenters. The van der Waals surface area contributed by atoms with Crippen molar-refractivity contribution >= 4 is 15.8 Å². The van der Waals surface area contributed by atoms with Gasteiger partial charge in [0.1, 0.15) is 5.41 Å². The van der Waals surface area contributed by atoms with Gasteiger partial charge in [-0.3, -0.25) is 4.79 Å². The molecule has 2 N–H and O–H groups in total. The average Bonchev–Trinajstić information content (AvgIpc) is 1.97. The zero-order valence-electron chi connectivity index (χ0n) is 7.23. The molecule has 1 aliphatic rings. The summed E-state index contributed by atoms with van der Waals surface area (Å²) < 4.78 is 22.3. The molecule has 76 valence electrons. The predicted octanol–water partition coefficient (Wildman–Crippen LogP) is -0.743. The van der Waals surface area contributed by atoms with Gasteiger partial charge in [-0.25, -0.2) is 8.42 Å². The Morgan fingerprint density at radius 1 is 1.54 bits per heavy atom. The molecule has 0 aromatic heterocycles. The van der Waals surface area contributed by atoms with E-state index in [1.165, 1.54) is 6.92 Å². The highest BCUT2D eigenvalue weighted by Gasteiger charge is 2.47. The Balaban J connectivity index is 3.01. The second kappa shape index (κ2) is 2.95. The molecule has 2 atom stereocenters.